The summed E-state index contributed by atoms with van der Waals surface area (Å²) in [6.45, 7) is 2.27. The van der Waals surface area contributed by atoms with Crippen LogP contribution in [0, 0.1) is 10.1 Å². The minimum Gasteiger partial charge on any atom is -0.481 e. The molecule has 0 saturated heterocycles. The van der Waals surface area contributed by atoms with E-state index in [1.807, 2.05) is 36.4 Å². The molecular formula is C18H22N2O6. The molecule has 0 fully saturated rings. The van der Waals surface area contributed by atoms with Crippen molar-refractivity contribution in [3.8, 4) is 11.5 Å². The molecule has 0 saturated carbocycles. The molecule has 0 amide bonds. The number of ether oxygens (including phenoxy) is 1. The summed E-state index contributed by atoms with van der Waals surface area (Å²) in [6, 6.07) is 16.6. The zero-order valence-electron chi connectivity index (χ0n) is 14.6. The summed E-state index contributed by atoms with van der Waals surface area (Å²) in [7, 11) is 1.70. The maximum atomic E-state index is 10.9. The van der Waals surface area contributed by atoms with Crippen molar-refractivity contribution < 1.29 is 24.6 Å². The average molecular weight is 362 g/mol. The first-order valence-corrected chi connectivity index (χ1v) is 7.91. The molecule has 140 valence electrons. The molecule has 2 aromatic carbocycles. The Morgan fingerprint density at radius 3 is 2.42 bits per heavy atom. The standard InChI is InChI=1S/C15H14O3.C3H8N2O3/c1-11(15(16)17)12-6-5-9-14(10-12)18-13-7-3-2-4-8-13;1-4-2-3-8-5(6)7/h2-11H,1H3,(H,16,17);4H,2-3H2,1H3. The fourth-order valence-electron chi connectivity index (χ4n) is 1.84. The predicted molar refractivity (Wildman–Crippen MR) is 95.9 cm³/mol. The van der Waals surface area contributed by atoms with E-state index in [2.05, 4.69) is 10.2 Å². The molecule has 8 heteroatoms. The van der Waals surface area contributed by atoms with E-state index in [0.717, 1.165) is 11.3 Å². The summed E-state index contributed by atoms with van der Waals surface area (Å²) in [5.41, 5.74) is 0.732. The number of carboxylic acid groups (broad SMARTS) is 1. The van der Waals surface area contributed by atoms with Crippen molar-refractivity contribution in [1.29, 1.82) is 0 Å². The molecular weight excluding hydrogens is 340 g/mol. The van der Waals surface area contributed by atoms with Gasteiger partial charge in [0.2, 0.25) is 0 Å². The summed E-state index contributed by atoms with van der Waals surface area (Å²) in [5.74, 6) is 0.000567. The average Bonchev–Trinajstić information content (AvgIpc) is 2.62. The molecule has 1 atom stereocenters. The Kier molecular flexibility index (Phi) is 9.19. The van der Waals surface area contributed by atoms with E-state index < -0.39 is 17.0 Å². The van der Waals surface area contributed by atoms with Gasteiger partial charge in [-0.2, -0.15) is 0 Å². The molecule has 0 aromatic heterocycles. The highest BCUT2D eigenvalue weighted by molar-refractivity contribution is 5.75. The van der Waals surface area contributed by atoms with Gasteiger partial charge in [0.15, 0.2) is 0 Å². The number of nitrogens with zero attached hydrogens (tertiary/aromatic N) is 1. The summed E-state index contributed by atoms with van der Waals surface area (Å²) in [6.07, 6.45) is 0. The Hall–Kier alpha value is -3.13. The van der Waals surface area contributed by atoms with Crippen LogP contribution in [0.3, 0.4) is 0 Å². The lowest BCUT2D eigenvalue weighted by Crippen LogP contribution is -2.16. The maximum Gasteiger partial charge on any atom is 0.310 e. The molecule has 2 aromatic rings. The molecule has 0 spiro atoms. The molecule has 0 aliphatic heterocycles. The second-order valence-electron chi connectivity index (χ2n) is 5.21. The van der Waals surface area contributed by atoms with Gasteiger partial charge in [0.25, 0.3) is 5.09 Å². The van der Waals surface area contributed by atoms with Crippen LogP contribution in [0.1, 0.15) is 18.4 Å². The van der Waals surface area contributed by atoms with Crippen molar-refractivity contribution >= 4 is 5.97 Å². The summed E-state index contributed by atoms with van der Waals surface area (Å²) >= 11 is 0. The van der Waals surface area contributed by atoms with Crippen LogP contribution in [0.5, 0.6) is 11.5 Å². The van der Waals surface area contributed by atoms with Gasteiger partial charge in [0.1, 0.15) is 18.1 Å². The molecule has 0 aliphatic carbocycles. The first kappa shape index (κ1) is 20.9. The van der Waals surface area contributed by atoms with Crippen molar-refractivity contribution in [2.75, 3.05) is 20.2 Å². The molecule has 26 heavy (non-hydrogen) atoms. The van der Waals surface area contributed by atoms with Crippen LogP contribution in [0.2, 0.25) is 0 Å². The SMILES string of the molecule is CC(C(=O)O)c1cccc(Oc2ccccc2)c1.CNCCO[N+](=O)[O-]. The minimum atomic E-state index is -0.841. The van der Waals surface area contributed by atoms with E-state index in [9.17, 15) is 14.9 Å². The number of benzene rings is 2. The molecule has 2 rings (SSSR count). The number of hydrogen-bond donors (Lipinski definition) is 2. The van der Waals surface area contributed by atoms with E-state index in [1.54, 1.807) is 32.2 Å². The zero-order chi connectivity index (χ0) is 19.4. The van der Waals surface area contributed by atoms with Gasteiger partial charge in [-0.05, 0) is 43.8 Å². The monoisotopic (exact) mass is 362 g/mol. The lowest BCUT2D eigenvalue weighted by molar-refractivity contribution is -0.757. The van der Waals surface area contributed by atoms with Gasteiger partial charge in [0, 0.05) is 6.54 Å². The molecule has 8 nitrogen and oxygen atoms in total. The van der Waals surface area contributed by atoms with E-state index in [0.29, 0.717) is 12.3 Å². The summed E-state index contributed by atoms with van der Waals surface area (Å²) in [5, 5.41) is 20.3. The van der Waals surface area contributed by atoms with E-state index in [4.69, 9.17) is 9.84 Å². The van der Waals surface area contributed by atoms with Crippen LogP contribution < -0.4 is 10.1 Å². The Morgan fingerprint density at radius 1 is 1.19 bits per heavy atom. The van der Waals surface area contributed by atoms with Crippen molar-refractivity contribution in [3.63, 3.8) is 0 Å². The Morgan fingerprint density at radius 2 is 1.85 bits per heavy atom. The number of para-hydroxylation sites is 1. The molecule has 0 bridgehead atoms. The van der Waals surface area contributed by atoms with Crippen molar-refractivity contribution in [3.05, 3.63) is 70.3 Å². The maximum absolute atomic E-state index is 10.9. The molecule has 0 aliphatic rings. The van der Waals surface area contributed by atoms with Crippen LogP contribution in [0.15, 0.2) is 54.6 Å². The number of likely N-dealkylation sites (N-methyl/N-ethyl adjacent to an activating group) is 1. The summed E-state index contributed by atoms with van der Waals surface area (Å²) in [4.78, 5) is 24.3. The van der Waals surface area contributed by atoms with Crippen molar-refractivity contribution in [1.82, 2.24) is 5.32 Å². The number of carbonyl (C=O) groups is 1. The van der Waals surface area contributed by atoms with E-state index in [1.165, 1.54) is 0 Å². The number of aliphatic carboxylic acids is 1. The van der Waals surface area contributed by atoms with Crippen LogP contribution in [0.25, 0.3) is 0 Å². The third kappa shape index (κ3) is 8.11. The van der Waals surface area contributed by atoms with Gasteiger partial charge < -0.3 is 20.0 Å². The molecule has 0 heterocycles. The minimum absolute atomic E-state index is 0.115. The van der Waals surface area contributed by atoms with Gasteiger partial charge in [-0.25, -0.2) is 0 Å². The van der Waals surface area contributed by atoms with Crippen LogP contribution in [0.4, 0.5) is 0 Å². The zero-order valence-corrected chi connectivity index (χ0v) is 14.6. The Balaban J connectivity index is 0.000000359. The second-order valence-corrected chi connectivity index (χ2v) is 5.21. The highest BCUT2D eigenvalue weighted by atomic mass is 16.9. The lowest BCUT2D eigenvalue weighted by atomic mass is 10.0. The highest BCUT2D eigenvalue weighted by Crippen LogP contribution is 2.25. The first-order valence-electron chi connectivity index (χ1n) is 7.91. The lowest BCUT2D eigenvalue weighted by Gasteiger charge is -2.10. The number of rotatable bonds is 8. The third-order valence-electron chi connectivity index (χ3n) is 3.26. The largest absolute Gasteiger partial charge is 0.481 e. The quantitative estimate of drug-likeness (QED) is 0.422. The fraction of sp³-hybridized carbons (Fsp3) is 0.278. The third-order valence-corrected chi connectivity index (χ3v) is 3.26. The molecule has 1 unspecified atom stereocenters. The topological polar surface area (TPSA) is 111 Å². The van der Waals surface area contributed by atoms with Crippen molar-refractivity contribution in [2.24, 2.45) is 0 Å². The van der Waals surface area contributed by atoms with Crippen molar-refractivity contribution in [2.45, 2.75) is 12.8 Å². The van der Waals surface area contributed by atoms with Crippen LogP contribution >= 0.6 is 0 Å². The normalized spacial score (nSPS) is 10.8. The highest BCUT2D eigenvalue weighted by Gasteiger charge is 2.13. The van der Waals surface area contributed by atoms with E-state index in [-0.39, 0.29) is 6.61 Å². The second kappa shape index (κ2) is 11.4. The van der Waals surface area contributed by atoms with E-state index >= 15 is 0 Å². The van der Waals surface area contributed by atoms with Gasteiger partial charge in [-0.3, -0.25) is 4.79 Å². The van der Waals surface area contributed by atoms with Gasteiger partial charge >= 0.3 is 5.97 Å². The van der Waals surface area contributed by atoms with Gasteiger partial charge in [-0.1, -0.05) is 30.3 Å². The van der Waals surface area contributed by atoms with Crippen LogP contribution in [-0.2, 0) is 9.63 Å². The fourth-order valence-corrected chi connectivity index (χ4v) is 1.84. The van der Waals surface area contributed by atoms with Gasteiger partial charge in [-0.15, -0.1) is 10.1 Å². The van der Waals surface area contributed by atoms with Crippen LogP contribution in [-0.4, -0.2) is 36.4 Å². The smallest absolute Gasteiger partial charge is 0.310 e. The molecule has 2 N–H and O–H groups in total. The molecule has 0 radical (unpaired) electrons. The number of hydrogen-bond acceptors (Lipinski definition) is 6. The predicted octanol–water partition coefficient (Wildman–Crippen LogP) is 3.08. The number of nitrogens with one attached hydrogen (secondary N) is 1. The van der Waals surface area contributed by atoms with Gasteiger partial charge in [0.05, 0.1) is 5.92 Å². The Labute approximate surface area is 151 Å². The number of carboxylic acids is 1. The first-order chi connectivity index (χ1) is 12.4. The Bertz CT molecular complexity index is 693. The summed E-state index contributed by atoms with van der Waals surface area (Å²) < 4.78 is 5.66.